The van der Waals surface area contributed by atoms with Crippen molar-refractivity contribution in [3.05, 3.63) is 35.9 Å². The Morgan fingerprint density at radius 2 is 1.53 bits per heavy atom. The van der Waals surface area contributed by atoms with E-state index < -0.39 is 0 Å². The van der Waals surface area contributed by atoms with Crippen molar-refractivity contribution >= 4 is 0 Å². The van der Waals surface area contributed by atoms with Gasteiger partial charge in [-0.05, 0) is 24.3 Å². The molecule has 19 heavy (non-hydrogen) atoms. The average Bonchev–Trinajstić information content (AvgIpc) is 2.92. The van der Waals surface area contributed by atoms with Gasteiger partial charge < -0.3 is 14.2 Å². The molecule has 0 aliphatic heterocycles. The van der Waals surface area contributed by atoms with Crippen molar-refractivity contribution in [3.63, 3.8) is 0 Å². The normalized spacial score (nSPS) is 24.8. The van der Waals surface area contributed by atoms with Gasteiger partial charge in [0.25, 0.3) is 0 Å². The molecule has 1 aromatic carbocycles. The molecule has 1 fully saturated rings. The summed E-state index contributed by atoms with van der Waals surface area (Å²) < 4.78 is 16.7. The average molecular weight is 264 g/mol. The first-order valence-corrected chi connectivity index (χ1v) is 6.95. The smallest absolute Gasteiger partial charge is 0.159 e. The Balaban J connectivity index is 2.17. The summed E-state index contributed by atoms with van der Waals surface area (Å²) in [7, 11) is 5.23. The van der Waals surface area contributed by atoms with Crippen LogP contribution in [0.5, 0.6) is 0 Å². The van der Waals surface area contributed by atoms with Gasteiger partial charge >= 0.3 is 0 Å². The monoisotopic (exact) mass is 264 g/mol. The molecule has 0 amide bonds. The lowest BCUT2D eigenvalue weighted by atomic mass is 9.86. The van der Waals surface area contributed by atoms with Crippen molar-refractivity contribution in [2.45, 2.75) is 31.7 Å². The zero-order valence-corrected chi connectivity index (χ0v) is 12.0. The van der Waals surface area contributed by atoms with Crippen LogP contribution < -0.4 is 0 Å². The van der Waals surface area contributed by atoms with Gasteiger partial charge in [0.2, 0.25) is 0 Å². The van der Waals surface area contributed by atoms with Gasteiger partial charge in [-0.2, -0.15) is 0 Å². The zero-order chi connectivity index (χ0) is 13.7. The maximum atomic E-state index is 5.78. The van der Waals surface area contributed by atoms with Crippen molar-refractivity contribution in [3.8, 4) is 0 Å². The second-order valence-electron chi connectivity index (χ2n) is 5.17. The second kappa shape index (κ2) is 7.04. The molecule has 0 saturated heterocycles. The molecule has 0 radical (unpaired) electrons. The first kappa shape index (κ1) is 14.5. The van der Waals surface area contributed by atoms with Gasteiger partial charge in [-0.25, -0.2) is 0 Å². The molecule has 1 aromatic rings. The highest BCUT2D eigenvalue weighted by Crippen LogP contribution is 2.44. The number of hydrogen-bond donors (Lipinski definition) is 0. The lowest BCUT2D eigenvalue weighted by Gasteiger charge is -2.31. The third kappa shape index (κ3) is 3.16. The first-order chi connectivity index (χ1) is 9.31. The summed E-state index contributed by atoms with van der Waals surface area (Å²) in [6, 6.07) is 10.4. The van der Waals surface area contributed by atoms with Crippen molar-refractivity contribution < 1.29 is 14.2 Å². The molecule has 3 heteroatoms. The van der Waals surface area contributed by atoms with Gasteiger partial charge in [-0.3, -0.25) is 0 Å². The van der Waals surface area contributed by atoms with Crippen molar-refractivity contribution in [1.82, 2.24) is 0 Å². The van der Waals surface area contributed by atoms with E-state index in [0.29, 0.717) is 11.8 Å². The van der Waals surface area contributed by atoms with Crippen molar-refractivity contribution in [2.75, 3.05) is 21.3 Å². The van der Waals surface area contributed by atoms with Gasteiger partial charge in [0, 0.05) is 27.2 Å². The fourth-order valence-electron chi connectivity index (χ4n) is 3.38. The van der Waals surface area contributed by atoms with E-state index in [0.717, 1.165) is 6.42 Å². The summed E-state index contributed by atoms with van der Waals surface area (Å²) in [6.07, 6.45) is 3.52. The molecular weight excluding hydrogens is 240 g/mol. The van der Waals surface area contributed by atoms with Crippen molar-refractivity contribution in [2.24, 2.45) is 11.8 Å². The third-order valence-corrected chi connectivity index (χ3v) is 4.21. The first-order valence-electron chi connectivity index (χ1n) is 6.95. The summed E-state index contributed by atoms with van der Waals surface area (Å²) in [6.45, 7) is 0. The largest absolute Gasteiger partial charge is 0.376 e. The Bertz CT molecular complexity index is 362. The van der Waals surface area contributed by atoms with Gasteiger partial charge in [-0.1, -0.05) is 36.8 Å². The number of benzene rings is 1. The predicted octanol–water partition coefficient (Wildman–Crippen LogP) is 3.41. The molecule has 0 N–H and O–H groups in total. The molecule has 1 aliphatic carbocycles. The Morgan fingerprint density at radius 3 is 2.11 bits per heavy atom. The van der Waals surface area contributed by atoms with Crippen LogP contribution in [-0.2, 0) is 14.2 Å². The molecule has 0 heterocycles. The Labute approximate surface area is 115 Å². The lowest BCUT2D eigenvalue weighted by Crippen LogP contribution is -2.31. The fourth-order valence-corrected chi connectivity index (χ4v) is 3.38. The fraction of sp³-hybridized carbons (Fsp3) is 0.625. The van der Waals surface area contributed by atoms with Gasteiger partial charge in [0.05, 0.1) is 6.10 Å². The van der Waals surface area contributed by atoms with Crippen LogP contribution in [0.2, 0.25) is 0 Å². The Kier molecular flexibility index (Phi) is 5.37. The number of methoxy groups -OCH3 is 3. The molecule has 106 valence electrons. The summed E-state index contributed by atoms with van der Waals surface area (Å²) >= 11 is 0. The minimum absolute atomic E-state index is 0.126. The summed E-state index contributed by atoms with van der Waals surface area (Å²) in [5, 5.41) is 0. The summed E-state index contributed by atoms with van der Waals surface area (Å²) in [5.74, 6) is 0.859. The lowest BCUT2D eigenvalue weighted by molar-refractivity contribution is -0.155. The minimum atomic E-state index is -0.131. The number of rotatable bonds is 6. The van der Waals surface area contributed by atoms with E-state index in [4.69, 9.17) is 14.2 Å². The molecule has 3 atom stereocenters. The van der Waals surface area contributed by atoms with Crippen LogP contribution >= 0.6 is 0 Å². The topological polar surface area (TPSA) is 27.7 Å². The summed E-state index contributed by atoms with van der Waals surface area (Å²) in [5.41, 5.74) is 1.24. The molecule has 1 saturated carbocycles. The molecule has 3 nitrogen and oxygen atoms in total. The van der Waals surface area contributed by atoms with Crippen LogP contribution in [0.1, 0.15) is 30.9 Å². The van der Waals surface area contributed by atoms with Gasteiger partial charge in [0.1, 0.15) is 0 Å². The van der Waals surface area contributed by atoms with Crippen LogP contribution in [0.4, 0.5) is 0 Å². The SMILES string of the molecule is COC(OC)C1CCCC1C(OC)c1ccccc1. The highest BCUT2D eigenvalue weighted by molar-refractivity contribution is 5.19. The number of hydrogen-bond acceptors (Lipinski definition) is 3. The molecular formula is C16H24O3. The van der Waals surface area contributed by atoms with E-state index in [9.17, 15) is 0 Å². The van der Waals surface area contributed by atoms with Crippen LogP contribution in [0.3, 0.4) is 0 Å². The van der Waals surface area contributed by atoms with Gasteiger partial charge in [0.15, 0.2) is 6.29 Å². The zero-order valence-electron chi connectivity index (χ0n) is 12.0. The van der Waals surface area contributed by atoms with Crippen LogP contribution in [-0.4, -0.2) is 27.6 Å². The highest BCUT2D eigenvalue weighted by atomic mass is 16.7. The second-order valence-corrected chi connectivity index (χ2v) is 5.17. The minimum Gasteiger partial charge on any atom is -0.376 e. The standard InChI is InChI=1S/C16H24O3/c1-17-15(12-8-5-4-6-9-12)13-10-7-11-14(13)16(18-2)19-3/h4-6,8-9,13-16H,7,10-11H2,1-3H3. The molecule has 0 bridgehead atoms. The van der Waals surface area contributed by atoms with E-state index in [1.165, 1.54) is 18.4 Å². The Hall–Kier alpha value is -0.900. The molecule has 0 spiro atoms. The van der Waals surface area contributed by atoms with E-state index >= 15 is 0 Å². The maximum Gasteiger partial charge on any atom is 0.159 e. The molecule has 2 rings (SSSR count). The predicted molar refractivity (Wildman–Crippen MR) is 74.8 cm³/mol. The van der Waals surface area contributed by atoms with E-state index in [1.807, 2.05) is 6.07 Å². The summed E-state index contributed by atoms with van der Waals surface area (Å²) in [4.78, 5) is 0. The Morgan fingerprint density at radius 1 is 0.895 bits per heavy atom. The molecule has 0 aromatic heterocycles. The van der Waals surface area contributed by atoms with Gasteiger partial charge in [-0.15, -0.1) is 0 Å². The van der Waals surface area contributed by atoms with Crippen LogP contribution in [0.15, 0.2) is 30.3 Å². The van der Waals surface area contributed by atoms with Crippen LogP contribution in [0, 0.1) is 11.8 Å². The van der Waals surface area contributed by atoms with E-state index in [-0.39, 0.29) is 12.4 Å². The van der Waals surface area contributed by atoms with Crippen molar-refractivity contribution in [1.29, 1.82) is 0 Å². The van der Waals surface area contributed by atoms with E-state index in [1.54, 1.807) is 21.3 Å². The van der Waals surface area contributed by atoms with Crippen LogP contribution in [0.25, 0.3) is 0 Å². The maximum absolute atomic E-state index is 5.78. The van der Waals surface area contributed by atoms with E-state index in [2.05, 4.69) is 24.3 Å². The molecule has 3 unspecified atom stereocenters. The quantitative estimate of drug-likeness (QED) is 0.737. The third-order valence-electron chi connectivity index (χ3n) is 4.21. The molecule has 1 aliphatic rings. The number of ether oxygens (including phenoxy) is 3. The highest BCUT2D eigenvalue weighted by Gasteiger charge is 2.39.